The molecule has 0 aliphatic carbocycles. The number of ether oxygens (including phenoxy) is 1. The van der Waals surface area contributed by atoms with E-state index in [0.717, 1.165) is 28.1 Å². The van der Waals surface area contributed by atoms with Gasteiger partial charge in [-0.1, -0.05) is 24.3 Å². The second-order valence-corrected chi connectivity index (χ2v) is 6.39. The summed E-state index contributed by atoms with van der Waals surface area (Å²) in [5.41, 5.74) is 4.00. The lowest BCUT2D eigenvalue weighted by Crippen LogP contribution is -2.35. The molecule has 26 heavy (non-hydrogen) atoms. The molecule has 2 rings (SSSR count). The average Bonchev–Trinajstić information content (AvgIpc) is 2.63. The van der Waals surface area contributed by atoms with Crippen LogP contribution in [0.5, 0.6) is 5.75 Å². The number of carbonyl (C=O) groups excluding carboxylic acids is 2. The number of nitrogens with zero attached hydrogens (tertiary/aromatic N) is 1. The van der Waals surface area contributed by atoms with Gasteiger partial charge in [-0.25, -0.2) is 0 Å². The number of anilines is 1. The highest BCUT2D eigenvalue weighted by Gasteiger charge is 2.14. The number of rotatable bonds is 7. The van der Waals surface area contributed by atoms with E-state index in [1.165, 1.54) is 4.90 Å². The van der Waals surface area contributed by atoms with Crippen molar-refractivity contribution in [3.8, 4) is 5.75 Å². The van der Waals surface area contributed by atoms with Crippen molar-refractivity contribution in [3.05, 3.63) is 59.2 Å². The van der Waals surface area contributed by atoms with Gasteiger partial charge in [0.1, 0.15) is 5.75 Å². The summed E-state index contributed by atoms with van der Waals surface area (Å²) < 4.78 is 5.12. The van der Waals surface area contributed by atoms with Crippen molar-refractivity contribution in [2.45, 2.75) is 26.7 Å². The molecule has 2 aromatic rings. The summed E-state index contributed by atoms with van der Waals surface area (Å²) in [4.78, 5) is 25.9. The predicted molar refractivity (Wildman–Crippen MR) is 103 cm³/mol. The molecule has 1 N–H and O–H groups in total. The van der Waals surface area contributed by atoms with Crippen LogP contribution in [0.3, 0.4) is 0 Å². The third kappa shape index (κ3) is 5.34. The normalized spacial score (nSPS) is 10.3. The SMILES string of the molecule is COc1ccc(CCC(=O)N(C)CC(=O)Nc2cccc(C)c2C)cc1. The highest BCUT2D eigenvalue weighted by molar-refractivity contribution is 5.95. The van der Waals surface area contributed by atoms with E-state index >= 15 is 0 Å². The first-order valence-corrected chi connectivity index (χ1v) is 8.63. The molecule has 0 bridgehead atoms. The maximum absolute atomic E-state index is 12.3. The number of hydrogen-bond acceptors (Lipinski definition) is 3. The predicted octanol–water partition coefficient (Wildman–Crippen LogP) is 3.34. The van der Waals surface area contributed by atoms with Crippen LogP contribution in [-0.4, -0.2) is 37.4 Å². The first-order valence-electron chi connectivity index (χ1n) is 8.63. The van der Waals surface area contributed by atoms with E-state index in [-0.39, 0.29) is 18.4 Å². The number of carbonyl (C=O) groups is 2. The minimum absolute atomic E-state index is 0.0365. The van der Waals surface area contributed by atoms with Crippen molar-refractivity contribution >= 4 is 17.5 Å². The molecule has 5 heteroatoms. The topological polar surface area (TPSA) is 58.6 Å². The van der Waals surface area contributed by atoms with Gasteiger partial charge < -0.3 is 15.0 Å². The van der Waals surface area contributed by atoms with Crippen LogP contribution in [0.4, 0.5) is 5.69 Å². The Labute approximate surface area is 155 Å². The summed E-state index contributed by atoms with van der Waals surface area (Å²) in [6.07, 6.45) is 0.991. The van der Waals surface area contributed by atoms with Crippen molar-refractivity contribution in [1.82, 2.24) is 4.90 Å². The summed E-state index contributed by atoms with van der Waals surface area (Å²) in [6, 6.07) is 13.4. The van der Waals surface area contributed by atoms with Crippen LogP contribution < -0.4 is 10.1 Å². The number of likely N-dealkylation sites (N-methyl/N-ethyl adjacent to an activating group) is 1. The molecule has 0 aliphatic rings. The molecule has 5 nitrogen and oxygen atoms in total. The number of nitrogens with one attached hydrogen (secondary N) is 1. The second kappa shape index (κ2) is 9.04. The van der Waals surface area contributed by atoms with Crippen LogP contribution in [0.15, 0.2) is 42.5 Å². The zero-order valence-corrected chi connectivity index (χ0v) is 15.8. The largest absolute Gasteiger partial charge is 0.497 e. The first-order chi connectivity index (χ1) is 12.4. The van der Waals surface area contributed by atoms with Crippen molar-refractivity contribution in [3.63, 3.8) is 0 Å². The molecular weight excluding hydrogens is 328 g/mol. The van der Waals surface area contributed by atoms with E-state index in [2.05, 4.69) is 5.32 Å². The Bertz CT molecular complexity index is 769. The van der Waals surface area contributed by atoms with E-state index < -0.39 is 0 Å². The van der Waals surface area contributed by atoms with Crippen LogP contribution in [0.1, 0.15) is 23.1 Å². The van der Waals surface area contributed by atoms with Gasteiger partial charge >= 0.3 is 0 Å². The maximum atomic E-state index is 12.3. The van der Waals surface area contributed by atoms with Gasteiger partial charge in [-0.3, -0.25) is 9.59 Å². The van der Waals surface area contributed by atoms with Crippen LogP contribution in [0.25, 0.3) is 0 Å². The van der Waals surface area contributed by atoms with E-state index in [0.29, 0.717) is 12.8 Å². The Balaban J connectivity index is 1.83. The lowest BCUT2D eigenvalue weighted by Gasteiger charge is -2.18. The van der Waals surface area contributed by atoms with E-state index in [1.807, 2.05) is 56.3 Å². The molecule has 0 radical (unpaired) electrons. The van der Waals surface area contributed by atoms with Crippen molar-refractivity contribution in [2.75, 3.05) is 26.0 Å². The number of methoxy groups -OCH3 is 1. The highest BCUT2D eigenvalue weighted by Crippen LogP contribution is 2.18. The fourth-order valence-corrected chi connectivity index (χ4v) is 2.61. The molecule has 138 valence electrons. The first kappa shape index (κ1) is 19.5. The van der Waals surface area contributed by atoms with Crippen LogP contribution in [-0.2, 0) is 16.0 Å². The maximum Gasteiger partial charge on any atom is 0.243 e. The minimum Gasteiger partial charge on any atom is -0.497 e. The molecule has 0 aliphatic heterocycles. The molecule has 0 atom stereocenters. The quantitative estimate of drug-likeness (QED) is 0.830. The number of benzene rings is 2. The number of aryl methyl sites for hydroxylation is 2. The van der Waals surface area contributed by atoms with Gasteiger partial charge in [-0.2, -0.15) is 0 Å². The zero-order valence-electron chi connectivity index (χ0n) is 15.8. The highest BCUT2D eigenvalue weighted by atomic mass is 16.5. The smallest absolute Gasteiger partial charge is 0.243 e. The average molecular weight is 354 g/mol. The Morgan fingerprint density at radius 2 is 1.77 bits per heavy atom. The monoisotopic (exact) mass is 354 g/mol. The van der Waals surface area contributed by atoms with E-state index in [4.69, 9.17) is 4.74 Å². The van der Waals surface area contributed by atoms with Crippen molar-refractivity contribution in [2.24, 2.45) is 0 Å². The van der Waals surface area contributed by atoms with Gasteiger partial charge in [-0.05, 0) is 55.2 Å². The molecule has 0 aromatic heterocycles. The molecule has 0 spiro atoms. The third-order valence-electron chi connectivity index (χ3n) is 4.47. The molecule has 0 saturated carbocycles. The van der Waals surface area contributed by atoms with E-state index in [9.17, 15) is 9.59 Å². The Morgan fingerprint density at radius 3 is 2.42 bits per heavy atom. The molecule has 0 saturated heterocycles. The summed E-state index contributed by atoms with van der Waals surface area (Å²) >= 11 is 0. The van der Waals surface area contributed by atoms with Crippen LogP contribution >= 0.6 is 0 Å². The zero-order chi connectivity index (χ0) is 19.1. The lowest BCUT2D eigenvalue weighted by atomic mass is 10.1. The van der Waals surface area contributed by atoms with Gasteiger partial charge in [-0.15, -0.1) is 0 Å². The third-order valence-corrected chi connectivity index (χ3v) is 4.47. The molecule has 0 unspecified atom stereocenters. The van der Waals surface area contributed by atoms with Crippen LogP contribution in [0, 0.1) is 13.8 Å². The minimum atomic E-state index is -0.195. The Morgan fingerprint density at radius 1 is 1.08 bits per heavy atom. The van der Waals surface area contributed by atoms with Gasteiger partial charge in [0.25, 0.3) is 0 Å². The van der Waals surface area contributed by atoms with Gasteiger partial charge in [0, 0.05) is 19.2 Å². The second-order valence-electron chi connectivity index (χ2n) is 6.39. The van der Waals surface area contributed by atoms with Gasteiger partial charge in [0.2, 0.25) is 11.8 Å². The lowest BCUT2D eigenvalue weighted by molar-refractivity contribution is -0.133. The fraction of sp³-hybridized carbons (Fsp3) is 0.333. The summed E-state index contributed by atoms with van der Waals surface area (Å²) in [5, 5.41) is 2.88. The summed E-state index contributed by atoms with van der Waals surface area (Å²) in [6.45, 7) is 4.00. The number of hydrogen-bond donors (Lipinski definition) is 1. The summed E-state index contributed by atoms with van der Waals surface area (Å²) in [5.74, 6) is 0.538. The molecule has 0 heterocycles. The fourth-order valence-electron chi connectivity index (χ4n) is 2.61. The summed E-state index contributed by atoms with van der Waals surface area (Å²) in [7, 11) is 3.27. The Hall–Kier alpha value is -2.82. The molecular formula is C21H26N2O3. The number of amides is 2. The Kier molecular flexibility index (Phi) is 6.78. The van der Waals surface area contributed by atoms with Crippen molar-refractivity contribution in [1.29, 1.82) is 0 Å². The molecule has 2 amide bonds. The van der Waals surface area contributed by atoms with Gasteiger partial charge in [0.15, 0.2) is 0 Å². The van der Waals surface area contributed by atoms with Crippen molar-refractivity contribution < 1.29 is 14.3 Å². The van der Waals surface area contributed by atoms with Gasteiger partial charge in [0.05, 0.1) is 13.7 Å². The molecule has 0 fully saturated rings. The molecule has 2 aromatic carbocycles. The van der Waals surface area contributed by atoms with Crippen LogP contribution in [0.2, 0.25) is 0 Å². The van der Waals surface area contributed by atoms with E-state index in [1.54, 1.807) is 14.2 Å². The standard InChI is InChI=1S/C21H26N2O3/c1-15-6-5-7-19(16(15)2)22-20(24)14-23(3)21(25)13-10-17-8-11-18(26-4)12-9-17/h5-9,11-12H,10,13-14H2,1-4H3,(H,22,24).